The first-order chi connectivity index (χ1) is 7.75. The fourth-order valence-electron chi connectivity index (χ4n) is 1.85. The quantitative estimate of drug-likeness (QED) is 0.720. The zero-order chi connectivity index (χ0) is 11.4. The average molecular weight is 227 g/mol. The van der Waals surface area contributed by atoms with Crippen molar-refractivity contribution in [3.63, 3.8) is 0 Å². The number of ether oxygens (including phenoxy) is 1. The van der Waals surface area contributed by atoms with Crippen molar-refractivity contribution in [1.82, 2.24) is 15.5 Å². The van der Waals surface area contributed by atoms with E-state index in [1.165, 1.54) is 0 Å². The van der Waals surface area contributed by atoms with E-state index in [1.807, 2.05) is 0 Å². The van der Waals surface area contributed by atoms with E-state index >= 15 is 0 Å². The van der Waals surface area contributed by atoms with Crippen LogP contribution in [0.2, 0.25) is 0 Å². The van der Waals surface area contributed by atoms with Gasteiger partial charge in [-0.05, 0) is 19.8 Å². The molecule has 2 aliphatic rings. The Bertz CT molecular complexity index is 237. The van der Waals surface area contributed by atoms with E-state index in [0.29, 0.717) is 18.6 Å². The predicted molar refractivity (Wildman–Crippen MR) is 61.4 cm³/mol. The van der Waals surface area contributed by atoms with E-state index < -0.39 is 0 Å². The Morgan fingerprint density at radius 2 is 2.12 bits per heavy atom. The molecular formula is C11H21N3O2. The van der Waals surface area contributed by atoms with E-state index in [4.69, 9.17) is 4.74 Å². The van der Waals surface area contributed by atoms with Crippen molar-refractivity contribution < 1.29 is 9.53 Å². The minimum Gasteiger partial charge on any atom is -0.379 e. The molecule has 0 radical (unpaired) electrons. The summed E-state index contributed by atoms with van der Waals surface area (Å²) in [6.45, 7) is 6.39. The summed E-state index contributed by atoms with van der Waals surface area (Å²) in [4.78, 5) is 13.8. The number of urea groups is 1. The van der Waals surface area contributed by atoms with Gasteiger partial charge in [0.05, 0.1) is 13.2 Å². The first-order valence-corrected chi connectivity index (χ1v) is 6.12. The summed E-state index contributed by atoms with van der Waals surface area (Å²) >= 11 is 0. The second kappa shape index (κ2) is 5.50. The van der Waals surface area contributed by atoms with Crippen LogP contribution in [0.1, 0.15) is 19.8 Å². The molecule has 5 heteroatoms. The molecule has 92 valence electrons. The summed E-state index contributed by atoms with van der Waals surface area (Å²) < 4.78 is 5.29. The summed E-state index contributed by atoms with van der Waals surface area (Å²) in [5.41, 5.74) is 0. The number of nitrogens with zero attached hydrogens (tertiary/aromatic N) is 1. The van der Waals surface area contributed by atoms with Crippen molar-refractivity contribution in [3.05, 3.63) is 0 Å². The molecule has 2 amide bonds. The fraction of sp³-hybridized carbons (Fsp3) is 0.909. The lowest BCUT2D eigenvalue weighted by molar-refractivity contribution is 0.0209. The van der Waals surface area contributed by atoms with Crippen LogP contribution in [0, 0.1) is 0 Å². The molecule has 2 fully saturated rings. The second-order valence-corrected chi connectivity index (χ2v) is 4.63. The van der Waals surface area contributed by atoms with Gasteiger partial charge in [-0.15, -0.1) is 0 Å². The van der Waals surface area contributed by atoms with Gasteiger partial charge in [0, 0.05) is 31.7 Å². The van der Waals surface area contributed by atoms with Crippen LogP contribution in [0.4, 0.5) is 4.79 Å². The Kier molecular flexibility index (Phi) is 4.01. The monoisotopic (exact) mass is 227 g/mol. The average Bonchev–Trinajstić information content (AvgIpc) is 3.11. The molecule has 0 unspecified atom stereocenters. The number of rotatable bonds is 4. The molecule has 0 aromatic carbocycles. The highest BCUT2D eigenvalue weighted by molar-refractivity contribution is 5.74. The first kappa shape index (κ1) is 11.7. The topological polar surface area (TPSA) is 53.6 Å². The SMILES string of the molecule is C[C@@H](CNC(=O)NC1CC1)N1CCOCC1. The number of carbonyl (C=O) groups is 1. The molecule has 0 spiro atoms. The lowest BCUT2D eigenvalue weighted by Crippen LogP contribution is -2.49. The number of amides is 2. The predicted octanol–water partition coefficient (Wildman–Crippen LogP) is 0.169. The molecule has 2 N–H and O–H groups in total. The van der Waals surface area contributed by atoms with Crippen molar-refractivity contribution >= 4 is 6.03 Å². The number of morpholine rings is 1. The van der Waals surface area contributed by atoms with E-state index in [1.54, 1.807) is 0 Å². The lowest BCUT2D eigenvalue weighted by Gasteiger charge is -2.32. The Morgan fingerprint density at radius 1 is 1.44 bits per heavy atom. The van der Waals surface area contributed by atoms with Gasteiger partial charge >= 0.3 is 6.03 Å². The smallest absolute Gasteiger partial charge is 0.315 e. The summed E-state index contributed by atoms with van der Waals surface area (Å²) in [5, 5.41) is 5.84. The molecular weight excluding hydrogens is 206 g/mol. The van der Waals surface area contributed by atoms with Crippen molar-refractivity contribution in [3.8, 4) is 0 Å². The van der Waals surface area contributed by atoms with Gasteiger partial charge in [0.15, 0.2) is 0 Å². The highest BCUT2D eigenvalue weighted by Gasteiger charge is 2.23. The van der Waals surface area contributed by atoms with Crippen LogP contribution in [0.15, 0.2) is 0 Å². The van der Waals surface area contributed by atoms with Crippen molar-refractivity contribution in [1.29, 1.82) is 0 Å². The Balaban J connectivity index is 1.61. The Hall–Kier alpha value is -0.810. The van der Waals surface area contributed by atoms with Gasteiger partial charge in [-0.25, -0.2) is 4.79 Å². The third-order valence-corrected chi connectivity index (χ3v) is 3.14. The zero-order valence-electron chi connectivity index (χ0n) is 9.87. The largest absolute Gasteiger partial charge is 0.379 e. The van der Waals surface area contributed by atoms with E-state index in [9.17, 15) is 4.79 Å². The molecule has 0 aromatic rings. The van der Waals surface area contributed by atoms with Crippen molar-refractivity contribution in [2.75, 3.05) is 32.8 Å². The Labute approximate surface area is 96.5 Å². The van der Waals surface area contributed by atoms with Gasteiger partial charge in [-0.3, -0.25) is 4.90 Å². The number of nitrogens with one attached hydrogen (secondary N) is 2. The standard InChI is InChI=1S/C11H21N3O2/c1-9(14-4-6-16-7-5-14)8-12-11(15)13-10-2-3-10/h9-10H,2-8H2,1H3,(H2,12,13,15)/t9-/m0/s1. The highest BCUT2D eigenvalue weighted by Crippen LogP contribution is 2.18. The molecule has 1 aliphatic carbocycles. The maximum Gasteiger partial charge on any atom is 0.315 e. The van der Waals surface area contributed by atoms with Crippen molar-refractivity contribution in [2.45, 2.75) is 31.8 Å². The van der Waals surface area contributed by atoms with E-state index in [0.717, 1.165) is 39.1 Å². The molecule has 5 nitrogen and oxygen atoms in total. The summed E-state index contributed by atoms with van der Waals surface area (Å²) in [6.07, 6.45) is 2.26. The van der Waals surface area contributed by atoms with Gasteiger partial charge in [-0.1, -0.05) is 0 Å². The van der Waals surface area contributed by atoms with Crippen LogP contribution in [0.25, 0.3) is 0 Å². The first-order valence-electron chi connectivity index (χ1n) is 6.12. The van der Waals surface area contributed by atoms with Gasteiger partial charge in [0.25, 0.3) is 0 Å². The third-order valence-electron chi connectivity index (χ3n) is 3.14. The molecule has 1 saturated carbocycles. The molecule has 0 aromatic heterocycles. The van der Waals surface area contributed by atoms with Crippen LogP contribution < -0.4 is 10.6 Å². The van der Waals surface area contributed by atoms with Crippen molar-refractivity contribution in [2.24, 2.45) is 0 Å². The number of hydrogen-bond donors (Lipinski definition) is 2. The Morgan fingerprint density at radius 3 is 2.75 bits per heavy atom. The molecule has 1 aliphatic heterocycles. The van der Waals surface area contributed by atoms with E-state index in [2.05, 4.69) is 22.5 Å². The minimum atomic E-state index is -0.0254. The summed E-state index contributed by atoms with van der Waals surface area (Å²) in [6, 6.07) is 0.787. The lowest BCUT2D eigenvalue weighted by atomic mass is 10.2. The van der Waals surface area contributed by atoms with Gasteiger partial charge in [0.2, 0.25) is 0 Å². The number of carbonyl (C=O) groups excluding carboxylic acids is 1. The van der Waals surface area contributed by atoms with Gasteiger partial charge < -0.3 is 15.4 Å². The maximum atomic E-state index is 11.4. The molecule has 1 atom stereocenters. The summed E-state index contributed by atoms with van der Waals surface area (Å²) in [5.74, 6) is 0. The van der Waals surface area contributed by atoms with Crippen LogP contribution in [-0.4, -0.2) is 55.9 Å². The van der Waals surface area contributed by atoms with Crippen LogP contribution >= 0.6 is 0 Å². The normalized spacial score (nSPS) is 23.8. The van der Waals surface area contributed by atoms with Crippen LogP contribution in [0.5, 0.6) is 0 Å². The number of hydrogen-bond acceptors (Lipinski definition) is 3. The van der Waals surface area contributed by atoms with Gasteiger partial charge in [-0.2, -0.15) is 0 Å². The molecule has 0 bridgehead atoms. The fourth-order valence-corrected chi connectivity index (χ4v) is 1.85. The van der Waals surface area contributed by atoms with Gasteiger partial charge in [0.1, 0.15) is 0 Å². The molecule has 16 heavy (non-hydrogen) atoms. The second-order valence-electron chi connectivity index (χ2n) is 4.63. The van der Waals surface area contributed by atoms with Crippen LogP contribution in [0.3, 0.4) is 0 Å². The maximum absolute atomic E-state index is 11.4. The zero-order valence-corrected chi connectivity index (χ0v) is 9.87. The minimum absolute atomic E-state index is 0.0254. The van der Waals surface area contributed by atoms with E-state index in [-0.39, 0.29) is 6.03 Å². The molecule has 1 heterocycles. The van der Waals surface area contributed by atoms with Crippen LogP contribution in [-0.2, 0) is 4.74 Å². The molecule has 2 rings (SSSR count). The highest BCUT2D eigenvalue weighted by atomic mass is 16.5. The third kappa shape index (κ3) is 3.64. The molecule has 1 saturated heterocycles. The summed E-state index contributed by atoms with van der Waals surface area (Å²) in [7, 11) is 0.